The van der Waals surface area contributed by atoms with Gasteiger partial charge in [-0.1, -0.05) is 67.2 Å². The first-order valence-electron chi connectivity index (χ1n) is 7.02. The maximum absolute atomic E-state index is 5.31. The molecule has 3 nitrogen and oxygen atoms in total. The molecule has 1 heterocycles. The number of rotatable bonds is 5. The zero-order chi connectivity index (χ0) is 15.2. The van der Waals surface area contributed by atoms with Crippen LogP contribution in [0, 0.1) is 0 Å². The normalized spacial score (nSPS) is 10.0. The summed E-state index contributed by atoms with van der Waals surface area (Å²) in [6.07, 6.45) is 1.61. The molecule has 0 bridgehead atoms. The summed E-state index contributed by atoms with van der Waals surface area (Å²) in [6.45, 7) is 3.94. The lowest BCUT2D eigenvalue weighted by molar-refractivity contribution is 0.548. The topological polar surface area (TPSA) is 37.5 Å². The molecule has 0 fully saturated rings. The molecule has 108 valence electrons. The Morgan fingerprint density at radius 1 is 0.818 bits per heavy atom. The molecular weight excluding hydrogens is 272 g/mol. The van der Waals surface area contributed by atoms with Crippen LogP contribution in [-0.2, 0) is 0 Å². The minimum Gasteiger partial charge on any atom is -0.463 e. The highest BCUT2D eigenvalue weighted by Crippen LogP contribution is 2.13. The van der Waals surface area contributed by atoms with Gasteiger partial charge in [0.25, 0.3) is 0 Å². The molecule has 0 aliphatic heterocycles. The molecule has 3 heteroatoms. The van der Waals surface area contributed by atoms with Crippen LogP contribution >= 0.6 is 0 Å². The number of hydrazone groups is 1. The van der Waals surface area contributed by atoms with Crippen LogP contribution < -0.4 is 5.43 Å². The molecule has 22 heavy (non-hydrogen) atoms. The highest BCUT2D eigenvalue weighted by molar-refractivity contribution is 6.12. The third kappa shape index (κ3) is 3.15. The Morgan fingerprint density at radius 2 is 1.41 bits per heavy atom. The number of hydrogen-bond donors (Lipinski definition) is 1. The van der Waals surface area contributed by atoms with Gasteiger partial charge in [-0.2, -0.15) is 5.10 Å². The predicted octanol–water partition coefficient (Wildman–Crippen LogP) is 4.29. The van der Waals surface area contributed by atoms with Crippen LogP contribution in [0.5, 0.6) is 0 Å². The number of benzene rings is 2. The van der Waals surface area contributed by atoms with Crippen molar-refractivity contribution in [3.05, 3.63) is 103 Å². The van der Waals surface area contributed by atoms with Crippen molar-refractivity contribution in [1.82, 2.24) is 5.43 Å². The molecule has 3 rings (SSSR count). The summed E-state index contributed by atoms with van der Waals surface area (Å²) in [5, 5.41) is 4.53. The first-order valence-corrected chi connectivity index (χ1v) is 7.02. The van der Waals surface area contributed by atoms with Gasteiger partial charge >= 0.3 is 0 Å². The highest BCUT2D eigenvalue weighted by atomic mass is 16.3. The van der Waals surface area contributed by atoms with E-state index in [-0.39, 0.29) is 0 Å². The van der Waals surface area contributed by atoms with Crippen LogP contribution in [0.1, 0.15) is 16.9 Å². The van der Waals surface area contributed by atoms with Gasteiger partial charge in [0.2, 0.25) is 0 Å². The summed E-state index contributed by atoms with van der Waals surface area (Å²) < 4.78 is 5.31. The Labute approximate surface area is 129 Å². The molecule has 1 aromatic heterocycles. The van der Waals surface area contributed by atoms with E-state index < -0.39 is 0 Å². The zero-order valence-electron chi connectivity index (χ0n) is 12.1. The van der Waals surface area contributed by atoms with Crippen LogP contribution in [0.25, 0.3) is 5.70 Å². The van der Waals surface area contributed by atoms with E-state index in [0.29, 0.717) is 11.5 Å². The van der Waals surface area contributed by atoms with E-state index in [2.05, 4.69) is 17.1 Å². The fourth-order valence-corrected chi connectivity index (χ4v) is 2.12. The van der Waals surface area contributed by atoms with Gasteiger partial charge < -0.3 is 4.42 Å². The molecule has 2 aromatic carbocycles. The van der Waals surface area contributed by atoms with Gasteiger partial charge in [-0.25, -0.2) is 0 Å². The molecular formula is C19H16N2O. The number of nitrogens with one attached hydrogen (secondary N) is 1. The molecule has 0 radical (unpaired) electrons. The number of nitrogens with zero attached hydrogens (tertiary/aromatic N) is 1. The quantitative estimate of drug-likeness (QED) is 0.561. The Bertz CT molecular complexity index is 718. The van der Waals surface area contributed by atoms with Crippen molar-refractivity contribution in [3.8, 4) is 0 Å². The SMILES string of the molecule is C=C(NN=C(c1ccccc1)c1ccccc1)c1ccco1. The molecule has 0 unspecified atom stereocenters. The first-order chi connectivity index (χ1) is 10.8. The van der Waals surface area contributed by atoms with Gasteiger partial charge in [0.05, 0.1) is 17.7 Å². The van der Waals surface area contributed by atoms with Crippen molar-refractivity contribution >= 4 is 11.4 Å². The lowest BCUT2D eigenvalue weighted by Gasteiger charge is -2.09. The maximum atomic E-state index is 5.31. The monoisotopic (exact) mass is 288 g/mol. The Morgan fingerprint density at radius 3 is 1.91 bits per heavy atom. The van der Waals surface area contributed by atoms with E-state index in [4.69, 9.17) is 4.42 Å². The van der Waals surface area contributed by atoms with Gasteiger partial charge in [-0.15, -0.1) is 0 Å². The van der Waals surface area contributed by atoms with Crippen LogP contribution in [0.2, 0.25) is 0 Å². The van der Waals surface area contributed by atoms with Crippen molar-refractivity contribution in [2.75, 3.05) is 0 Å². The molecule has 0 saturated carbocycles. The Hall–Kier alpha value is -3.07. The largest absolute Gasteiger partial charge is 0.463 e. The Kier molecular flexibility index (Phi) is 4.16. The second kappa shape index (κ2) is 6.59. The van der Waals surface area contributed by atoms with Crippen molar-refractivity contribution in [3.63, 3.8) is 0 Å². The molecule has 0 aliphatic rings. The standard InChI is InChI=1S/C19H16N2O/c1-15(18-13-8-14-22-18)20-21-19(16-9-4-2-5-10-16)17-11-6-3-7-12-17/h2-14,20H,1H2. The van der Waals surface area contributed by atoms with E-state index in [1.807, 2.05) is 72.8 Å². The molecule has 0 aliphatic carbocycles. The lowest BCUT2D eigenvalue weighted by atomic mass is 10.0. The second-order valence-corrected chi connectivity index (χ2v) is 4.76. The summed E-state index contributed by atoms with van der Waals surface area (Å²) >= 11 is 0. The summed E-state index contributed by atoms with van der Waals surface area (Å²) in [5.74, 6) is 0.671. The minimum atomic E-state index is 0.620. The minimum absolute atomic E-state index is 0.620. The third-order valence-corrected chi connectivity index (χ3v) is 3.22. The highest BCUT2D eigenvalue weighted by Gasteiger charge is 2.07. The number of hydrogen-bond acceptors (Lipinski definition) is 3. The third-order valence-electron chi connectivity index (χ3n) is 3.22. The Balaban J connectivity index is 1.92. The van der Waals surface area contributed by atoms with Gasteiger partial charge in [-0.3, -0.25) is 5.43 Å². The van der Waals surface area contributed by atoms with E-state index in [1.165, 1.54) is 0 Å². The van der Waals surface area contributed by atoms with Gasteiger partial charge in [0.15, 0.2) is 5.76 Å². The van der Waals surface area contributed by atoms with Gasteiger partial charge in [0, 0.05) is 11.1 Å². The summed E-state index contributed by atoms with van der Waals surface area (Å²) in [5.41, 5.74) is 6.53. The fourth-order valence-electron chi connectivity index (χ4n) is 2.12. The smallest absolute Gasteiger partial charge is 0.150 e. The molecule has 0 spiro atoms. The molecule has 3 aromatic rings. The van der Waals surface area contributed by atoms with Gasteiger partial charge in [0.1, 0.15) is 0 Å². The zero-order valence-corrected chi connectivity index (χ0v) is 12.1. The van der Waals surface area contributed by atoms with E-state index in [9.17, 15) is 0 Å². The van der Waals surface area contributed by atoms with E-state index >= 15 is 0 Å². The first kappa shape index (κ1) is 13.9. The van der Waals surface area contributed by atoms with E-state index in [1.54, 1.807) is 6.26 Å². The molecule has 0 amide bonds. The van der Waals surface area contributed by atoms with E-state index in [0.717, 1.165) is 16.8 Å². The second-order valence-electron chi connectivity index (χ2n) is 4.76. The maximum Gasteiger partial charge on any atom is 0.150 e. The summed E-state index contributed by atoms with van der Waals surface area (Å²) in [6, 6.07) is 23.7. The van der Waals surface area contributed by atoms with Crippen molar-refractivity contribution in [2.45, 2.75) is 0 Å². The van der Waals surface area contributed by atoms with Crippen LogP contribution in [-0.4, -0.2) is 5.71 Å². The average molecular weight is 288 g/mol. The fraction of sp³-hybridized carbons (Fsp3) is 0. The molecule has 0 saturated heterocycles. The van der Waals surface area contributed by atoms with Crippen molar-refractivity contribution in [2.24, 2.45) is 5.10 Å². The average Bonchev–Trinajstić information content (AvgIpc) is 3.11. The van der Waals surface area contributed by atoms with Gasteiger partial charge in [-0.05, 0) is 12.1 Å². The van der Waals surface area contributed by atoms with Crippen LogP contribution in [0.15, 0.2) is 95.2 Å². The lowest BCUT2D eigenvalue weighted by Crippen LogP contribution is -2.11. The summed E-state index contributed by atoms with van der Waals surface area (Å²) in [7, 11) is 0. The van der Waals surface area contributed by atoms with Crippen molar-refractivity contribution < 1.29 is 4.42 Å². The molecule has 1 N–H and O–H groups in total. The number of furan rings is 1. The van der Waals surface area contributed by atoms with Crippen LogP contribution in [0.3, 0.4) is 0 Å². The predicted molar refractivity (Wildman–Crippen MR) is 89.4 cm³/mol. The van der Waals surface area contributed by atoms with Crippen LogP contribution in [0.4, 0.5) is 0 Å². The summed E-state index contributed by atoms with van der Waals surface area (Å²) in [4.78, 5) is 0. The molecule has 0 atom stereocenters. The van der Waals surface area contributed by atoms with Crippen molar-refractivity contribution in [1.29, 1.82) is 0 Å².